The van der Waals surface area contributed by atoms with Crippen LogP contribution in [0.25, 0.3) is 0 Å². The minimum absolute atomic E-state index is 0.140. The second kappa shape index (κ2) is 12.2. The number of amides is 2. The predicted octanol–water partition coefficient (Wildman–Crippen LogP) is 3.48. The number of rotatable bonds is 11. The maximum atomic E-state index is 13.6. The van der Waals surface area contributed by atoms with Crippen LogP contribution in [0.15, 0.2) is 46.9 Å². The molecule has 0 saturated carbocycles. The monoisotopic (exact) mass is 553 g/mol. The summed E-state index contributed by atoms with van der Waals surface area (Å²) in [6.45, 7) is 5.55. The number of benzene rings is 2. The fraction of sp³-hybridized carbons (Fsp3) is 0.417. The van der Waals surface area contributed by atoms with E-state index in [9.17, 15) is 18.0 Å². The highest BCUT2D eigenvalue weighted by atomic mass is 79.9. The summed E-state index contributed by atoms with van der Waals surface area (Å²) in [6.07, 6.45) is 1.80. The number of anilines is 1. The minimum atomic E-state index is -3.84. The molecule has 1 atom stereocenters. The van der Waals surface area contributed by atoms with Crippen molar-refractivity contribution in [1.82, 2.24) is 10.2 Å². The van der Waals surface area contributed by atoms with Gasteiger partial charge in [-0.25, -0.2) is 8.42 Å². The van der Waals surface area contributed by atoms with Crippen molar-refractivity contribution in [3.05, 3.63) is 58.1 Å². The summed E-state index contributed by atoms with van der Waals surface area (Å²) in [5.41, 5.74) is 1.89. The second-order valence-corrected chi connectivity index (χ2v) is 10.9. The van der Waals surface area contributed by atoms with E-state index in [1.54, 1.807) is 25.1 Å². The molecule has 1 N–H and O–H groups in total. The summed E-state index contributed by atoms with van der Waals surface area (Å²) in [5.74, 6) is -0.478. The Labute approximate surface area is 210 Å². The van der Waals surface area contributed by atoms with Crippen molar-refractivity contribution in [1.29, 1.82) is 0 Å². The standard InChI is InChI=1S/C24H32BrN3O5S/c1-6-12-26-24(30)18(3)27(15-19-8-7-9-20(25)14-19)23(29)16-28(34(5,31)32)21-13-17(2)10-11-22(21)33-4/h7-11,13-14,18H,6,12,15-16H2,1-5H3,(H,26,30)/t18-/m1/s1. The highest BCUT2D eigenvalue weighted by Crippen LogP contribution is 2.31. The third kappa shape index (κ3) is 7.46. The largest absolute Gasteiger partial charge is 0.495 e. The molecule has 0 aromatic heterocycles. The van der Waals surface area contributed by atoms with E-state index in [2.05, 4.69) is 21.2 Å². The Morgan fingerprint density at radius 1 is 1.18 bits per heavy atom. The van der Waals surface area contributed by atoms with E-state index in [0.717, 1.165) is 32.6 Å². The normalized spacial score (nSPS) is 12.1. The van der Waals surface area contributed by atoms with E-state index in [1.165, 1.54) is 12.0 Å². The van der Waals surface area contributed by atoms with Crippen LogP contribution in [0.4, 0.5) is 5.69 Å². The SMILES string of the molecule is CCCNC(=O)[C@@H](C)N(Cc1cccc(Br)c1)C(=O)CN(c1cc(C)ccc1OC)S(C)(=O)=O. The molecular weight excluding hydrogens is 522 g/mol. The number of nitrogens with one attached hydrogen (secondary N) is 1. The molecule has 2 amide bonds. The van der Waals surface area contributed by atoms with Crippen molar-refractivity contribution in [2.24, 2.45) is 0 Å². The lowest BCUT2D eigenvalue weighted by atomic mass is 10.1. The van der Waals surface area contributed by atoms with Gasteiger partial charge in [-0.2, -0.15) is 0 Å². The second-order valence-electron chi connectivity index (χ2n) is 8.06. The lowest BCUT2D eigenvalue weighted by Crippen LogP contribution is -2.51. The van der Waals surface area contributed by atoms with Crippen molar-refractivity contribution >= 4 is 43.5 Å². The molecule has 0 radical (unpaired) electrons. The molecule has 0 spiro atoms. The topological polar surface area (TPSA) is 96.0 Å². The van der Waals surface area contributed by atoms with Gasteiger partial charge >= 0.3 is 0 Å². The zero-order valence-electron chi connectivity index (χ0n) is 20.2. The minimum Gasteiger partial charge on any atom is -0.495 e. The van der Waals surface area contributed by atoms with Crippen LogP contribution in [-0.4, -0.2) is 57.6 Å². The summed E-state index contributed by atoms with van der Waals surface area (Å²) in [4.78, 5) is 27.7. The maximum Gasteiger partial charge on any atom is 0.244 e. The summed E-state index contributed by atoms with van der Waals surface area (Å²) >= 11 is 3.42. The van der Waals surface area contributed by atoms with E-state index in [1.807, 2.05) is 38.1 Å². The Hall–Kier alpha value is -2.59. The van der Waals surface area contributed by atoms with Crippen LogP contribution in [0, 0.1) is 6.92 Å². The van der Waals surface area contributed by atoms with Gasteiger partial charge in [0.25, 0.3) is 0 Å². The van der Waals surface area contributed by atoms with Crippen LogP contribution in [0.2, 0.25) is 0 Å². The third-order valence-electron chi connectivity index (χ3n) is 5.24. The number of methoxy groups -OCH3 is 1. The molecule has 0 unspecified atom stereocenters. The molecule has 186 valence electrons. The molecule has 0 saturated heterocycles. The molecule has 8 nitrogen and oxygen atoms in total. The number of hydrogen-bond acceptors (Lipinski definition) is 5. The Morgan fingerprint density at radius 2 is 1.88 bits per heavy atom. The van der Waals surface area contributed by atoms with Crippen molar-refractivity contribution in [2.75, 3.05) is 30.8 Å². The first-order valence-electron chi connectivity index (χ1n) is 10.9. The molecule has 0 bridgehead atoms. The average molecular weight is 555 g/mol. The summed E-state index contributed by atoms with van der Waals surface area (Å²) in [6, 6.07) is 11.7. The Kier molecular flexibility index (Phi) is 9.93. The quantitative estimate of drug-likeness (QED) is 0.459. The highest BCUT2D eigenvalue weighted by Gasteiger charge is 2.31. The number of ether oxygens (including phenoxy) is 1. The van der Waals surface area contributed by atoms with Crippen LogP contribution in [0.3, 0.4) is 0 Å². The first kappa shape index (κ1) is 27.7. The van der Waals surface area contributed by atoms with Gasteiger partial charge in [-0.1, -0.05) is 41.1 Å². The van der Waals surface area contributed by atoms with Crippen molar-refractivity contribution in [3.63, 3.8) is 0 Å². The number of halogens is 1. The predicted molar refractivity (Wildman–Crippen MR) is 137 cm³/mol. The number of carbonyl (C=O) groups excluding carboxylic acids is 2. The Balaban J connectivity index is 2.45. The van der Waals surface area contributed by atoms with E-state index >= 15 is 0 Å². The van der Waals surface area contributed by atoms with Crippen LogP contribution < -0.4 is 14.4 Å². The first-order valence-corrected chi connectivity index (χ1v) is 13.6. The number of carbonyl (C=O) groups is 2. The van der Waals surface area contributed by atoms with Crippen molar-refractivity contribution < 1.29 is 22.7 Å². The number of nitrogens with zero attached hydrogens (tertiary/aromatic N) is 2. The average Bonchev–Trinajstić information content (AvgIpc) is 2.78. The molecule has 0 heterocycles. The van der Waals surface area contributed by atoms with E-state index < -0.39 is 28.5 Å². The summed E-state index contributed by atoms with van der Waals surface area (Å²) in [5, 5.41) is 2.81. The van der Waals surface area contributed by atoms with Gasteiger partial charge in [0, 0.05) is 17.6 Å². The van der Waals surface area contributed by atoms with Crippen molar-refractivity contribution in [2.45, 2.75) is 39.8 Å². The Bertz CT molecular complexity index is 1120. The zero-order valence-corrected chi connectivity index (χ0v) is 22.6. The third-order valence-corrected chi connectivity index (χ3v) is 6.86. The van der Waals surface area contributed by atoms with Gasteiger partial charge in [0.2, 0.25) is 21.8 Å². The van der Waals surface area contributed by atoms with Gasteiger partial charge in [0.15, 0.2) is 0 Å². The molecule has 2 aromatic rings. The molecule has 34 heavy (non-hydrogen) atoms. The smallest absolute Gasteiger partial charge is 0.244 e. The van der Waals surface area contributed by atoms with E-state index in [-0.39, 0.29) is 18.1 Å². The fourth-order valence-corrected chi connectivity index (χ4v) is 4.69. The zero-order chi connectivity index (χ0) is 25.5. The van der Waals surface area contributed by atoms with E-state index in [0.29, 0.717) is 12.3 Å². The molecule has 0 aliphatic carbocycles. The molecule has 0 fully saturated rings. The van der Waals surface area contributed by atoms with Gasteiger partial charge in [-0.05, 0) is 55.7 Å². The summed E-state index contributed by atoms with van der Waals surface area (Å²) < 4.78 is 32.7. The van der Waals surface area contributed by atoms with Crippen LogP contribution >= 0.6 is 15.9 Å². The number of aryl methyl sites for hydroxylation is 1. The molecule has 0 aliphatic heterocycles. The molecular formula is C24H32BrN3O5S. The molecule has 2 aromatic carbocycles. The van der Waals surface area contributed by atoms with Gasteiger partial charge in [0.1, 0.15) is 18.3 Å². The number of sulfonamides is 1. The Morgan fingerprint density at radius 3 is 2.47 bits per heavy atom. The maximum absolute atomic E-state index is 13.6. The van der Waals surface area contributed by atoms with Gasteiger partial charge in [-0.15, -0.1) is 0 Å². The highest BCUT2D eigenvalue weighted by molar-refractivity contribution is 9.10. The molecule has 2 rings (SSSR count). The number of hydrogen-bond donors (Lipinski definition) is 1. The fourth-order valence-electron chi connectivity index (χ4n) is 3.40. The van der Waals surface area contributed by atoms with Gasteiger partial charge < -0.3 is 15.0 Å². The van der Waals surface area contributed by atoms with Gasteiger partial charge in [-0.3, -0.25) is 13.9 Å². The first-order chi connectivity index (χ1) is 16.0. The van der Waals surface area contributed by atoms with Crippen LogP contribution in [-0.2, 0) is 26.2 Å². The lowest BCUT2D eigenvalue weighted by molar-refractivity contribution is -0.139. The van der Waals surface area contributed by atoms with Crippen LogP contribution in [0.1, 0.15) is 31.4 Å². The lowest BCUT2D eigenvalue weighted by Gasteiger charge is -2.32. The van der Waals surface area contributed by atoms with Gasteiger partial charge in [0.05, 0.1) is 19.1 Å². The van der Waals surface area contributed by atoms with Crippen molar-refractivity contribution in [3.8, 4) is 5.75 Å². The molecule has 0 aliphatic rings. The summed E-state index contributed by atoms with van der Waals surface area (Å²) in [7, 11) is -2.40. The van der Waals surface area contributed by atoms with E-state index in [4.69, 9.17) is 4.74 Å². The van der Waals surface area contributed by atoms with Crippen LogP contribution in [0.5, 0.6) is 5.75 Å². The molecule has 10 heteroatoms.